The van der Waals surface area contributed by atoms with Crippen molar-refractivity contribution in [2.75, 3.05) is 0 Å². The van der Waals surface area contributed by atoms with Gasteiger partial charge in [0.2, 0.25) is 0 Å². The quantitative estimate of drug-likeness (QED) is 0.265. The molecule has 1 aromatic heterocycles. The molecule has 2 atom stereocenters. The van der Waals surface area contributed by atoms with Crippen LogP contribution in [0.3, 0.4) is 0 Å². The first-order valence-corrected chi connectivity index (χ1v) is 15.1. The third kappa shape index (κ3) is 3.22. The second kappa shape index (κ2) is 8.36. The number of hydrogen-bond donors (Lipinski definition) is 0. The standard InChI is InChI=1S/C33H27NS3/c1-20-25-27-30(35-31(34-27)24-18-12-7-13-19-24)26-21(2)29(23-16-10-6-11-17-23)37-33(26,4)32(25,3)36-28(20)22-14-8-5-9-15-22/h5-19H,1-4H3/t32-,33-/m1/s1. The topological polar surface area (TPSA) is 12.9 Å². The monoisotopic (exact) mass is 533 g/mol. The van der Waals surface area contributed by atoms with E-state index in [0.29, 0.717) is 0 Å². The van der Waals surface area contributed by atoms with E-state index >= 15 is 0 Å². The van der Waals surface area contributed by atoms with Gasteiger partial charge in [0.15, 0.2) is 0 Å². The van der Waals surface area contributed by atoms with E-state index in [1.807, 2.05) is 23.1 Å². The lowest BCUT2D eigenvalue weighted by molar-refractivity contribution is 0.682. The highest BCUT2D eigenvalue weighted by Gasteiger charge is 2.60. The van der Waals surface area contributed by atoms with Crippen molar-refractivity contribution in [2.24, 2.45) is 0 Å². The molecule has 0 amide bonds. The summed E-state index contributed by atoms with van der Waals surface area (Å²) in [6.45, 7) is 9.58. The predicted octanol–water partition coefficient (Wildman–Crippen LogP) is 8.00. The fourth-order valence-electron chi connectivity index (χ4n) is 6.16. The number of allylic oxidation sites excluding steroid dienone is 2. The maximum Gasteiger partial charge on any atom is 0.124 e. The SMILES string of the molecule is CC1=C(c2ccccc2)S[C@]2(C)C1=c1nc(-c3ccccc3)sc1=C1C(C)=C(c3ccccc3)S[C@]12C. The van der Waals surface area contributed by atoms with Crippen molar-refractivity contribution in [1.82, 2.24) is 4.98 Å². The van der Waals surface area contributed by atoms with Crippen molar-refractivity contribution in [3.63, 3.8) is 0 Å². The molecule has 7 rings (SSSR count). The zero-order chi connectivity index (χ0) is 25.4. The van der Waals surface area contributed by atoms with Crippen LogP contribution in [0.15, 0.2) is 102 Å². The van der Waals surface area contributed by atoms with E-state index in [1.54, 1.807) is 0 Å². The summed E-state index contributed by atoms with van der Waals surface area (Å²) in [5, 5.41) is 2.29. The predicted molar refractivity (Wildman–Crippen MR) is 164 cm³/mol. The number of rotatable bonds is 3. The molecule has 0 saturated heterocycles. The largest absolute Gasteiger partial charge is 0.236 e. The number of nitrogens with zero attached hydrogens (tertiary/aromatic N) is 1. The van der Waals surface area contributed by atoms with Crippen LogP contribution in [0, 0.1) is 0 Å². The molecule has 0 N–H and O–H groups in total. The Kier molecular flexibility index (Phi) is 5.27. The average Bonchev–Trinajstić information content (AvgIpc) is 3.56. The van der Waals surface area contributed by atoms with Gasteiger partial charge in [-0.2, -0.15) is 0 Å². The van der Waals surface area contributed by atoms with Crippen LogP contribution in [0.1, 0.15) is 38.8 Å². The molecule has 3 heterocycles. The molecule has 0 unspecified atom stereocenters. The second-order valence-corrected chi connectivity index (χ2v) is 14.1. The zero-order valence-electron chi connectivity index (χ0n) is 21.3. The van der Waals surface area contributed by atoms with Crippen molar-refractivity contribution in [1.29, 1.82) is 0 Å². The van der Waals surface area contributed by atoms with E-state index in [1.165, 1.54) is 58.7 Å². The lowest BCUT2D eigenvalue weighted by Crippen LogP contribution is -2.53. The molecule has 37 heavy (non-hydrogen) atoms. The maximum atomic E-state index is 5.39. The fraction of sp³-hybridized carbons (Fsp3) is 0.182. The van der Waals surface area contributed by atoms with Crippen molar-refractivity contribution >= 4 is 55.8 Å². The summed E-state index contributed by atoms with van der Waals surface area (Å²) in [7, 11) is 0. The van der Waals surface area contributed by atoms with E-state index in [0.717, 1.165) is 5.01 Å². The van der Waals surface area contributed by atoms with E-state index in [2.05, 4.69) is 130 Å². The van der Waals surface area contributed by atoms with Gasteiger partial charge in [-0.05, 0) is 55.5 Å². The van der Waals surface area contributed by atoms with Crippen LogP contribution in [0.2, 0.25) is 0 Å². The van der Waals surface area contributed by atoms with Crippen LogP contribution in [-0.2, 0) is 0 Å². The Bertz CT molecular complexity index is 1640. The Balaban J connectivity index is 1.59. The number of fused-ring (bicyclic) bond motifs is 4. The molecule has 0 spiro atoms. The number of aromatic nitrogens is 1. The minimum atomic E-state index is -0.144. The van der Waals surface area contributed by atoms with Gasteiger partial charge in [0.25, 0.3) is 0 Å². The molecule has 0 radical (unpaired) electrons. The second-order valence-electron chi connectivity index (χ2n) is 10.2. The minimum Gasteiger partial charge on any atom is -0.236 e. The number of benzene rings is 3. The fourth-order valence-corrected chi connectivity index (χ4v) is 10.9. The van der Waals surface area contributed by atoms with E-state index < -0.39 is 0 Å². The van der Waals surface area contributed by atoms with Crippen LogP contribution in [0.4, 0.5) is 0 Å². The summed E-state index contributed by atoms with van der Waals surface area (Å²) in [5.74, 6) is 0. The molecular weight excluding hydrogens is 507 g/mol. The molecule has 1 aliphatic carbocycles. The molecule has 0 saturated carbocycles. The van der Waals surface area contributed by atoms with E-state index in [9.17, 15) is 0 Å². The summed E-state index contributed by atoms with van der Waals surface area (Å²) in [5.41, 5.74) is 9.44. The first-order valence-electron chi connectivity index (χ1n) is 12.7. The highest BCUT2D eigenvalue weighted by molar-refractivity contribution is 8.14. The molecular formula is C33H27NS3. The lowest BCUT2D eigenvalue weighted by Gasteiger charge is -2.45. The van der Waals surface area contributed by atoms with Gasteiger partial charge < -0.3 is 0 Å². The molecule has 0 fully saturated rings. The van der Waals surface area contributed by atoms with Gasteiger partial charge in [-0.3, -0.25) is 0 Å². The van der Waals surface area contributed by atoms with Gasteiger partial charge in [-0.1, -0.05) is 91.0 Å². The molecule has 4 heteroatoms. The summed E-state index contributed by atoms with van der Waals surface area (Å²) in [6.07, 6.45) is 0. The third-order valence-corrected chi connectivity index (χ3v) is 12.9. The van der Waals surface area contributed by atoms with Gasteiger partial charge in [0, 0.05) is 20.9 Å². The first-order chi connectivity index (χ1) is 17.9. The number of hydrogen-bond acceptors (Lipinski definition) is 4. The molecule has 182 valence electrons. The smallest absolute Gasteiger partial charge is 0.124 e. The minimum absolute atomic E-state index is 0.118. The molecule has 0 bridgehead atoms. The van der Waals surface area contributed by atoms with Gasteiger partial charge in [-0.15, -0.1) is 34.9 Å². The highest BCUT2D eigenvalue weighted by Crippen LogP contribution is 2.70. The number of thiazole rings is 1. The highest BCUT2D eigenvalue weighted by atomic mass is 32.2. The van der Waals surface area contributed by atoms with Crippen LogP contribution in [0.25, 0.3) is 31.5 Å². The Labute approximate surface area is 230 Å². The van der Waals surface area contributed by atoms with E-state index in [4.69, 9.17) is 4.98 Å². The van der Waals surface area contributed by atoms with Gasteiger partial charge in [0.1, 0.15) is 5.01 Å². The first kappa shape index (κ1) is 23.3. The molecule has 3 aliphatic rings. The van der Waals surface area contributed by atoms with Gasteiger partial charge >= 0.3 is 0 Å². The summed E-state index contributed by atoms with van der Waals surface area (Å²) in [6, 6.07) is 32.5. The molecule has 3 aromatic carbocycles. The van der Waals surface area contributed by atoms with Crippen LogP contribution >= 0.6 is 34.9 Å². The van der Waals surface area contributed by atoms with E-state index in [-0.39, 0.29) is 9.49 Å². The van der Waals surface area contributed by atoms with Crippen LogP contribution in [0.5, 0.6) is 0 Å². The Morgan fingerprint density at radius 3 is 1.51 bits per heavy atom. The third-order valence-electron chi connectivity index (χ3n) is 8.09. The summed E-state index contributed by atoms with van der Waals surface area (Å²) < 4.78 is 1.09. The lowest BCUT2D eigenvalue weighted by atomic mass is 9.74. The Morgan fingerprint density at radius 1 is 0.568 bits per heavy atom. The molecule has 1 nitrogen and oxygen atoms in total. The van der Waals surface area contributed by atoms with Crippen molar-refractivity contribution in [2.45, 2.75) is 37.2 Å². The van der Waals surface area contributed by atoms with Gasteiger partial charge in [0.05, 0.1) is 19.4 Å². The van der Waals surface area contributed by atoms with Gasteiger partial charge in [-0.25, -0.2) is 4.98 Å². The van der Waals surface area contributed by atoms with Crippen molar-refractivity contribution in [3.05, 3.63) is 123 Å². The van der Waals surface area contributed by atoms with Crippen molar-refractivity contribution < 1.29 is 0 Å². The zero-order valence-corrected chi connectivity index (χ0v) is 23.8. The molecule has 2 aliphatic heterocycles. The van der Waals surface area contributed by atoms with Crippen molar-refractivity contribution in [3.8, 4) is 10.6 Å². The molecule has 4 aromatic rings. The average molecular weight is 534 g/mol. The summed E-state index contributed by atoms with van der Waals surface area (Å²) in [4.78, 5) is 8.17. The van der Waals surface area contributed by atoms with Crippen LogP contribution in [-0.4, -0.2) is 14.5 Å². The number of thioether (sulfide) groups is 2. The van der Waals surface area contributed by atoms with Crippen LogP contribution < -0.4 is 9.88 Å². The summed E-state index contributed by atoms with van der Waals surface area (Å²) >= 11 is 5.96. The Morgan fingerprint density at radius 2 is 1.00 bits per heavy atom. The normalized spacial score (nSPS) is 24.4. The Hall–Kier alpha value is -2.79. The maximum absolute atomic E-state index is 5.39.